The van der Waals surface area contributed by atoms with E-state index >= 15 is 0 Å². The van der Waals surface area contributed by atoms with Gasteiger partial charge >= 0.3 is 0 Å². The molecule has 0 heterocycles. The van der Waals surface area contributed by atoms with Crippen molar-refractivity contribution in [2.24, 2.45) is 0 Å². The maximum Gasteiger partial charge on any atom is 0.116 e. The molecule has 0 bridgehead atoms. The summed E-state index contributed by atoms with van der Waals surface area (Å²) in [4.78, 5) is 8.81. The Labute approximate surface area is 213 Å². The number of aryl methyl sites for hydroxylation is 4. The Balaban J connectivity index is 0.00000114. The predicted molar refractivity (Wildman–Crippen MR) is 156 cm³/mol. The quantitative estimate of drug-likeness (QED) is 0.338. The van der Waals surface area contributed by atoms with Gasteiger partial charge in [-0.1, -0.05) is 105 Å². The van der Waals surface area contributed by atoms with E-state index in [0.717, 1.165) is 25.5 Å². The molecule has 0 saturated heterocycles. The van der Waals surface area contributed by atoms with E-state index in [9.17, 15) is 0 Å². The van der Waals surface area contributed by atoms with Crippen molar-refractivity contribution in [3.63, 3.8) is 0 Å². The van der Waals surface area contributed by atoms with E-state index in [0.29, 0.717) is 0 Å². The van der Waals surface area contributed by atoms with Crippen molar-refractivity contribution in [1.82, 2.24) is 0 Å². The molecule has 0 radical (unpaired) electrons. The van der Waals surface area contributed by atoms with E-state index < -0.39 is 0 Å². The van der Waals surface area contributed by atoms with Crippen LogP contribution in [0.4, 0.5) is 0 Å². The maximum absolute atomic E-state index is 8.81. The number of allylic oxidation sites excluding steroid dienone is 2. The molecule has 0 aliphatic carbocycles. The molecule has 0 aliphatic heterocycles. The van der Waals surface area contributed by atoms with Crippen LogP contribution in [-0.2, 0) is 17.6 Å². The van der Waals surface area contributed by atoms with Crippen molar-refractivity contribution >= 4 is 23.5 Å². The second-order valence-corrected chi connectivity index (χ2v) is 8.38. The van der Waals surface area contributed by atoms with Crippen LogP contribution >= 0.6 is 0 Å². The van der Waals surface area contributed by atoms with Crippen LogP contribution in [0.2, 0.25) is 0 Å². The van der Waals surface area contributed by atoms with E-state index in [2.05, 4.69) is 114 Å². The largest absolute Gasteiger partial charge is 0.304 e. The fourth-order valence-electron chi connectivity index (χ4n) is 4.10. The standard InChI is InChI=1S/C30H34.C2H4O.C2H6/c1-6-25-17-19-26(20-18-25)11-10-13-27-12-8-9-14-29(27)24(5)28(7-2)30-21-22(3)15-16-23(30)4;1-2-3;1-2/h7-9,12-21H,6,10-11H2,1-5H3;2H,1H3;1-2H3/b27-13-,28-7-,29-24+;;. The van der Waals surface area contributed by atoms with Gasteiger partial charge in [-0.3, -0.25) is 0 Å². The highest BCUT2D eigenvalue weighted by Gasteiger charge is 2.08. The molecule has 3 aromatic rings. The number of benzene rings is 3. The van der Waals surface area contributed by atoms with Crippen molar-refractivity contribution in [2.45, 2.75) is 74.7 Å². The molecule has 0 unspecified atom stereocenters. The summed E-state index contributed by atoms with van der Waals surface area (Å²) in [6.45, 7) is 16.4. The van der Waals surface area contributed by atoms with Crippen molar-refractivity contribution < 1.29 is 4.79 Å². The van der Waals surface area contributed by atoms with E-state index in [1.807, 2.05) is 13.8 Å². The molecule has 3 rings (SSSR count). The maximum atomic E-state index is 8.81. The van der Waals surface area contributed by atoms with Crippen molar-refractivity contribution in [1.29, 1.82) is 0 Å². The van der Waals surface area contributed by atoms with Crippen molar-refractivity contribution in [2.75, 3.05) is 0 Å². The molecular weight excluding hydrogens is 424 g/mol. The second kappa shape index (κ2) is 16.4. The van der Waals surface area contributed by atoms with Gasteiger partial charge in [0, 0.05) is 0 Å². The molecule has 35 heavy (non-hydrogen) atoms. The molecule has 3 aromatic carbocycles. The Hall–Kier alpha value is -3.19. The normalized spacial score (nSPS) is 12.1. The molecule has 0 atom stereocenters. The molecule has 0 aromatic heterocycles. The average molecular weight is 469 g/mol. The van der Waals surface area contributed by atoms with Crippen LogP contribution in [0, 0.1) is 13.8 Å². The number of hydrogen-bond acceptors (Lipinski definition) is 1. The molecule has 0 aliphatic rings. The van der Waals surface area contributed by atoms with Gasteiger partial charge in [0.25, 0.3) is 0 Å². The minimum atomic E-state index is 0.750. The van der Waals surface area contributed by atoms with Crippen LogP contribution in [0.3, 0.4) is 0 Å². The molecule has 1 heteroatoms. The highest BCUT2D eigenvalue weighted by molar-refractivity contribution is 5.97. The summed E-state index contributed by atoms with van der Waals surface area (Å²) in [6, 6.07) is 24.6. The Morgan fingerprint density at radius 3 is 2.06 bits per heavy atom. The van der Waals surface area contributed by atoms with Crippen LogP contribution in [0.25, 0.3) is 17.2 Å². The van der Waals surface area contributed by atoms with E-state index in [-0.39, 0.29) is 0 Å². The van der Waals surface area contributed by atoms with E-state index in [1.165, 1.54) is 56.3 Å². The first-order chi connectivity index (χ1) is 16.9. The Morgan fingerprint density at radius 2 is 1.46 bits per heavy atom. The zero-order valence-corrected chi connectivity index (χ0v) is 23.1. The average Bonchev–Trinajstić information content (AvgIpc) is 2.89. The molecular formula is C34H44O. The Morgan fingerprint density at radius 1 is 0.857 bits per heavy atom. The monoisotopic (exact) mass is 468 g/mol. The predicted octanol–water partition coefficient (Wildman–Crippen LogP) is 7.78. The van der Waals surface area contributed by atoms with Crippen molar-refractivity contribution in [3.05, 3.63) is 111 Å². The highest BCUT2D eigenvalue weighted by Crippen LogP contribution is 2.26. The molecule has 0 N–H and O–H groups in total. The van der Waals surface area contributed by atoms with Crippen LogP contribution in [0.1, 0.15) is 75.8 Å². The first kappa shape index (κ1) is 29.8. The molecule has 0 saturated carbocycles. The fraction of sp³-hybridized carbons (Fsp3) is 0.324. The minimum absolute atomic E-state index is 0.750. The highest BCUT2D eigenvalue weighted by atomic mass is 16.1. The van der Waals surface area contributed by atoms with Gasteiger partial charge in [0.2, 0.25) is 0 Å². The topological polar surface area (TPSA) is 17.1 Å². The number of carbonyl (C=O) groups is 1. The summed E-state index contributed by atoms with van der Waals surface area (Å²) in [5.74, 6) is 0. The first-order valence-electron chi connectivity index (χ1n) is 12.9. The summed E-state index contributed by atoms with van der Waals surface area (Å²) < 4.78 is 0. The third kappa shape index (κ3) is 9.17. The summed E-state index contributed by atoms with van der Waals surface area (Å²) in [7, 11) is 0. The molecule has 186 valence electrons. The Kier molecular flexibility index (Phi) is 14.0. The zero-order valence-electron chi connectivity index (χ0n) is 23.1. The van der Waals surface area contributed by atoms with Gasteiger partial charge in [-0.25, -0.2) is 0 Å². The second-order valence-electron chi connectivity index (χ2n) is 8.38. The van der Waals surface area contributed by atoms with Crippen LogP contribution < -0.4 is 10.4 Å². The third-order valence-corrected chi connectivity index (χ3v) is 5.97. The zero-order chi connectivity index (χ0) is 26.2. The van der Waals surface area contributed by atoms with E-state index in [1.54, 1.807) is 0 Å². The molecule has 0 spiro atoms. The summed E-state index contributed by atoms with van der Waals surface area (Å²) in [6.07, 6.45) is 8.62. The summed E-state index contributed by atoms with van der Waals surface area (Å²) in [5.41, 5.74) is 9.44. The fourth-order valence-corrected chi connectivity index (χ4v) is 4.10. The molecule has 0 amide bonds. The smallest absolute Gasteiger partial charge is 0.116 e. The lowest BCUT2D eigenvalue weighted by Gasteiger charge is -2.13. The minimum Gasteiger partial charge on any atom is -0.304 e. The SMILES string of the molecule is C/C=C(/C(C)=c1\cccc\c1=C\CCc1ccc(CC)cc1)c1cc(C)ccc1C.CC.CC=O. The molecule has 1 nitrogen and oxygen atoms in total. The van der Waals surface area contributed by atoms with Crippen molar-refractivity contribution in [3.8, 4) is 0 Å². The third-order valence-electron chi connectivity index (χ3n) is 5.97. The van der Waals surface area contributed by atoms with Crippen LogP contribution in [-0.4, -0.2) is 6.29 Å². The van der Waals surface area contributed by atoms with Gasteiger partial charge in [-0.15, -0.1) is 0 Å². The Bertz CT molecular complexity index is 1190. The number of carbonyl (C=O) groups excluding carboxylic acids is 1. The summed E-state index contributed by atoms with van der Waals surface area (Å²) in [5, 5.41) is 2.65. The number of hydrogen-bond donors (Lipinski definition) is 0. The number of aldehydes is 1. The van der Waals surface area contributed by atoms with Gasteiger partial charge in [0.1, 0.15) is 6.29 Å². The lowest BCUT2D eigenvalue weighted by Crippen LogP contribution is -2.26. The van der Waals surface area contributed by atoms with E-state index in [4.69, 9.17) is 4.79 Å². The van der Waals surface area contributed by atoms with Gasteiger partial charge < -0.3 is 4.79 Å². The molecule has 0 fully saturated rings. The summed E-state index contributed by atoms with van der Waals surface area (Å²) >= 11 is 0. The van der Waals surface area contributed by atoms with Gasteiger partial charge in [0.15, 0.2) is 0 Å². The van der Waals surface area contributed by atoms with Gasteiger partial charge in [-0.05, 0) is 97.7 Å². The van der Waals surface area contributed by atoms with Crippen LogP contribution in [0.5, 0.6) is 0 Å². The lowest BCUT2D eigenvalue weighted by molar-refractivity contribution is -0.106. The number of rotatable bonds is 6. The lowest BCUT2D eigenvalue weighted by atomic mass is 9.92. The van der Waals surface area contributed by atoms with Gasteiger partial charge in [0.05, 0.1) is 0 Å². The first-order valence-corrected chi connectivity index (χ1v) is 12.9. The van der Waals surface area contributed by atoms with Gasteiger partial charge in [-0.2, -0.15) is 0 Å². The van der Waals surface area contributed by atoms with Crippen LogP contribution in [0.15, 0.2) is 72.8 Å².